The molecular weight excluding hydrogens is 363 g/mol. The molecule has 0 radical (unpaired) electrons. The summed E-state index contributed by atoms with van der Waals surface area (Å²) in [6, 6.07) is 0. The van der Waals surface area contributed by atoms with E-state index < -0.39 is 31.8 Å². The Bertz CT molecular complexity index is 629. The molecule has 0 saturated carbocycles. The number of phosphoric acid groups is 1. The normalized spacial score (nSPS) is 23.1. The van der Waals surface area contributed by atoms with Gasteiger partial charge in [0, 0.05) is 18.4 Å². The molecule has 9 heteroatoms. The molecule has 2 aliphatic rings. The van der Waals surface area contributed by atoms with E-state index in [0.717, 1.165) is 0 Å². The molecule has 0 fully saturated rings. The maximum Gasteiger partial charge on any atom is 0.529 e. The molecule has 2 unspecified atom stereocenters. The lowest BCUT2D eigenvalue weighted by molar-refractivity contribution is -0.144. The lowest BCUT2D eigenvalue weighted by atomic mass is 9.82. The third-order valence-electron chi connectivity index (χ3n) is 3.95. The second-order valence-corrected chi connectivity index (χ2v) is 7.28. The molecule has 1 heterocycles. The predicted molar refractivity (Wildman–Crippen MR) is 92.0 cm³/mol. The number of carbonyl (C=O) groups excluding carboxylic acids is 2. The van der Waals surface area contributed by atoms with E-state index in [0.29, 0.717) is 19.3 Å². The van der Waals surface area contributed by atoms with Gasteiger partial charge in [-0.2, -0.15) is 0 Å². The number of hydrogen-bond donors (Lipinski definition) is 0. The van der Waals surface area contributed by atoms with Gasteiger partial charge in [0.05, 0.1) is 25.4 Å². The summed E-state index contributed by atoms with van der Waals surface area (Å²) >= 11 is 0. The highest BCUT2D eigenvalue weighted by Gasteiger charge is 2.40. The summed E-state index contributed by atoms with van der Waals surface area (Å²) in [6.45, 7) is 5.47. The lowest BCUT2D eigenvalue weighted by Crippen LogP contribution is -2.31. The first-order valence-corrected chi connectivity index (χ1v) is 10.3. The Morgan fingerprint density at radius 2 is 1.92 bits per heavy atom. The van der Waals surface area contributed by atoms with E-state index in [4.69, 9.17) is 23.0 Å². The summed E-state index contributed by atoms with van der Waals surface area (Å²) in [5.74, 6) is -1.26. The van der Waals surface area contributed by atoms with Gasteiger partial charge in [-0.1, -0.05) is 0 Å². The molecule has 0 saturated heterocycles. The van der Waals surface area contributed by atoms with Crippen molar-refractivity contribution in [2.45, 2.75) is 46.1 Å². The molecule has 2 atom stereocenters. The monoisotopic (exact) mass is 388 g/mol. The van der Waals surface area contributed by atoms with E-state index in [2.05, 4.69) is 0 Å². The van der Waals surface area contributed by atoms with Crippen molar-refractivity contribution in [3.63, 3.8) is 0 Å². The first-order valence-electron chi connectivity index (χ1n) is 8.81. The zero-order valence-electron chi connectivity index (χ0n) is 15.3. The average molecular weight is 388 g/mol. The van der Waals surface area contributed by atoms with Gasteiger partial charge in [-0.15, -0.1) is 0 Å². The molecule has 1 aliphatic heterocycles. The fraction of sp³-hybridized carbons (Fsp3) is 0.647. The lowest BCUT2D eigenvalue weighted by Gasteiger charge is -2.30. The number of esters is 2. The zero-order chi connectivity index (χ0) is 19.2. The fourth-order valence-corrected chi connectivity index (χ4v) is 4.28. The number of hydrogen-bond acceptors (Lipinski definition) is 8. The topological polar surface area (TPSA) is 97.4 Å². The van der Waals surface area contributed by atoms with Crippen LogP contribution < -0.4 is 0 Å². The molecule has 0 aromatic rings. The smallest absolute Gasteiger partial charge is 0.463 e. The molecule has 2 rings (SSSR count). The highest BCUT2D eigenvalue weighted by molar-refractivity contribution is 7.48. The maximum atomic E-state index is 12.7. The number of rotatable bonds is 9. The van der Waals surface area contributed by atoms with E-state index in [9.17, 15) is 14.2 Å². The van der Waals surface area contributed by atoms with Crippen LogP contribution in [0, 0.1) is 5.92 Å². The van der Waals surface area contributed by atoms with Crippen molar-refractivity contribution >= 4 is 19.8 Å². The minimum Gasteiger partial charge on any atom is -0.463 e. The Morgan fingerprint density at radius 1 is 1.23 bits per heavy atom. The Hall–Kier alpha value is -1.63. The molecule has 0 spiro atoms. The molecule has 0 N–H and O–H groups in total. The van der Waals surface area contributed by atoms with E-state index in [1.165, 1.54) is 6.08 Å². The third-order valence-corrected chi connectivity index (χ3v) is 5.55. The van der Waals surface area contributed by atoms with Gasteiger partial charge in [-0.05, 0) is 39.7 Å². The minimum atomic E-state index is -3.85. The maximum absolute atomic E-state index is 12.7. The highest BCUT2D eigenvalue weighted by atomic mass is 31.2. The van der Waals surface area contributed by atoms with Gasteiger partial charge in [-0.25, -0.2) is 14.2 Å². The Balaban J connectivity index is 2.37. The van der Waals surface area contributed by atoms with Crippen LogP contribution in [0.2, 0.25) is 0 Å². The summed E-state index contributed by atoms with van der Waals surface area (Å²) in [5.41, 5.74) is 0.224. The Kier molecular flexibility index (Phi) is 7.43. The van der Waals surface area contributed by atoms with Crippen molar-refractivity contribution < 1.29 is 37.2 Å². The molecule has 26 heavy (non-hydrogen) atoms. The molecule has 1 aliphatic carbocycles. The number of ether oxygens (including phenoxy) is 2. The first-order chi connectivity index (χ1) is 12.4. The van der Waals surface area contributed by atoms with Crippen molar-refractivity contribution in [3.8, 4) is 0 Å². The Morgan fingerprint density at radius 3 is 2.46 bits per heavy atom. The van der Waals surface area contributed by atoms with Gasteiger partial charge in [0.2, 0.25) is 0 Å². The zero-order valence-corrected chi connectivity index (χ0v) is 16.2. The molecule has 0 aromatic heterocycles. The van der Waals surface area contributed by atoms with Gasteiger partial charge in [-0.3, -0.25) is 9.05 Å². The average Bonchev–Trinajstić information content (AvgIpc) is 3.01. The molecular formula is C17H25O8P. The van der Waals surface area contributed by atoms with Crippen LogP contribution in [0.3, 0.4) is 0 Å². The predicted octanol–water partition coefficient (Wildman–Crippen LogP) is 3.28. The van der Waals surface area contributed by atoms with Crippen LogP contribution in [0.15, 0.2) is 23.5 Å². The van der Waals surface area contributed by atoms with Crippen LogP contribution in [-0.4, -0.2) is 37.9 Å². The molecule has 0 amide bonds. The third kappa shape index (κ3) is 4.96. The van der Waals surface area contributed by atoms with Crippen molar-refractivity contribution in [2.75, 3.05) is 19.8 Å². The van der Waals surface area contributed by atoms with E-state index >= 15 is 0 Å². The van der Waals surface area contributed by atoms with Crippen molar-refractivity contribution in [3.05, 3.63) is 23.5 Å². The summed E-state index contributed by atoms with van der Waals surface area (Å²) in [7, 11) is -3.85. The van der Waals surface area contributed by atoms with Crippen molar-refractivity contribution in [1.82, 2.24) is 0 Å². The number of allylic oxidation sites excluding steroid dienone is 1. The van der Waals surface area contributed by atoms with E-state index in [1.807, 2.05) is 0 Å². The minimum absolute atomic E-state index is 0.131. The number of phosphoric ester groups is 1. The van der Waals surface area contributed by atoms with Crippen LogP contribution >= 0.6 is 7.82 Å². The number of cyclic esters (lactones) is 1. The van der Waals surface area contributed by atoms with Crippen LogP contribution in [-0.2, 0) is 37.2 Å². The van der Waals surface area contributed by atoms with Gasteiger partial charge in [0.15, 0.2) is 0 Å². The van der Waals surface area contributed by atoms with Crippen LogP contribution in [0.5, 0.6) is 0 Å². The van der Waals surface area contributed by atoms with Crippen LogP contribution in [0.4, 0.5) is 0 Å². The van der Waals surface area contributed by atoms with Crippen molar-refractivity contribution in [1.29, 1.82) is 0 Å². The van der Waals surface area contributed by atoms with Gasteiger partial charge in [0.25, 0.3) is 0 Å². The molecule has 0 aromatic carbocycles. The summed E-state index contributed by atoms with van der Waals surface area (Å²) in [6.07, 6.45) is 4.02. The summed E-state index contributed by atoms with van der Waals surface area (Å²) < 4.78 is 39.0. The standard InChI is InChI=1S/C17H25O8P/c1-4-21-17(19)16-12(13-10-11-15(18)24-13)8-7-9-14(16)25-26(20,22-5-2)23-6-3/h10-13H,4-9H2,1-3H3. The largest absolute Gasteiger partial charge is 0.529 e. The molecule has 8 nitrogen and oxygen atoms in total. The van der Waals surface area contributed by atoms with E-state index in [-0.39, 0.29) is 31.2 Å². The molecule has 0 bridgehead atoms. The van der Waals surface area contributed by atoms with Crippen LogP contribution in [0.1, 0.15) is 40.0 Å². The summed E-state index contributed by atoms with van der Waals surface area (Å²) in [4.78, 5) is 24.0. The van der Waals surface area contributed by atoms with Crippen LogP contribution in [0.25, 0.3) is 0 Å². The van der Waals surface area contributed by atoms with Gasteiger partial charge < -0.3 is 14.0 Å². The molecule has 146 valence electrons. The highest BCUT2D eigenvalue weighted by Crippen LogP contribution is 2.53. The fourth-order valence-electron chi connectivity index (χ4n) is 3.01. The quantitative estimate of drug-likeness (QED) is 0.438. The van der Waals surface area contributed by atoms with E-state index in [1.54, 1.807) is 26.8 Å². The first kappa shape index (κ1) is 20.7. The van der Waals surface area contributed by atoms with Gasteiger partial charge >= 0.3 is 19.8 Å². The van der Waals surface area contributed by atoms with Crippen molar-refractivity contribution in [2.24, 2.45) is 5.92 Å². The SMILES string of the molecule is CCOC(=O)C1=C(OP(=O)(OCC)OCC)CCCC1C1C=CC(=O)O1. The van der Waals surface area contributed by atoms with Gasteiger partial charge in [0.1, 0.15) is 11.9 Å². The second kappa shape index (κ2) is 9.35. The Labute approximate surface area is 153 Å². The number of carbonyl (C=O) groups is 2. The second-order valence-electron chi connectivity index (χ2n) is 5.69. The summed E-state index contributed by atoms with van der Waals surface area (Å²) in [5, 5.41) is 0.